The average Bonchev–Trinajstić information content (AvgIpc) is 3.60. The van der Waals surface area contributed by atoms with E-state index >= 15 is 0 Å². The van der Waals surface area contributed by atoms with Crippen LogP contribution in [0.3, 0.4) is 0 Å². The molecule has 0 radical (unpaired) electrons. The summed E-state index contributed by atoms with van der Waals surface area (Å²) >= 11 is 0. The Morgan fingerprint density at radius 2 is 1.27 bits per heavy atom. The number of imidazole rings is 1. The fraction of sp³-hybridized carbons (Fsp3) is 0.204. The molecule has 0 atom stereocenters. The van der Waals surface area contributed by atoms with Crippen LogP contribution in [0.15, 0.2) is 134 Å². The molecule has 8 rings (SSSR count). The first kappa shape index (κ1) is 41.6. The van der Waals surface area contributed by atoms with Gasteiger partial charge in [0.1, 0.15) is 5.82 Å². The van der Waals surface area contributed by atoms with Crippen molar-refractivity contribution in [2.45, 2.75) is 73.1 Å². The van der Waals surface area contributed by atoms with Crippen molar-refractivity contribution in [3.63, 3.8) is 0 Å². The van der Waals surface area contributed by atoms with E-state index in [4.69, 9.17) is 14.7 Å². The molecule has 0 saturated carbocycles. The molecule has 4 nitrogen and oxygen atoms in total. The third kappa shape index (κ3) is 8.34. The number of fused-ring (bicyclic) bond motifs is 1. The summed E-state index contributed by atoms with van der Waals surface area (Å²) in [7, 11) is 3.91. The van der Waals surface area contributed by atoms with Gasteiger partial charge in [0, 0.05) is 17.6 Å². The van der Waals surface area contributed by atoms with Crippen LogP contribution in [0.1, 0.15) is 69.4 Å². The van der Waals surface area contributed by atoms with Gasteiger partial charge in [-0.2, -0.15) is 7.11 Å². The summed E-state index contributed by atoms with van der Waals surface area (Å²) in [5, 5.41) is 0. The Morgan fingerprint density at radius 1 is 0.593 bits per heavy atom. The number of benzene rings is 6. The van der Waals surface area contributed by atoms with Crippen molar-refractivity contribution in [3.05, 3.63) is 175 Å². The molecule has 0 aliphatic rings. The second-order valence-electron chi connectivity index (χ2n) is 17.7. The smallest absolute Gasteiger partial charge is 0.665 e. The number of pyridine rings is 1. The summed E-state index contributed by atoms with van der Waals surface area (Å²) in [5.41, 5.74) is 17.7. The summed E-state index contributed by atoms with van der Waals surface area (Å²) in [6.07, 6.45) is 1.90. The second kappa shape index (κ2) is 16.2. The van der Waals surface area contributed by atoms with Gasteiger partial charge in [-0.3, -0.25) is 9.55 Å². The third-order valence-corrected chi connectivity index (χ3v) is 11.1. The molecule has 8 aromatic rings. The van der Waals surface area contributed by atoms with Crippen LogP contribution in [-0.4, -0.2) is 14.5 Å². The minimum atomic E-state index is -0.133. The molecule has 0 amide bonds. The summed E-state index contributed by atoms with van der Waals surface area (Å²) < 4.78 is 8.21. The van der Waals surface area contributed by atoms with Crippen LogP contribution < -0.4 is 4.74 Å². The zero-order chi connectivity index (χ0) is 40.9. The molecule has 5 heteroatoms. The minimum Gasteiger partial charge on any atom is -0.665 e. The Kier molecular flexibility index (Phi) is 11.4. The fourth-order valence-corrected chi connectivity index (χ4v) is 7.83. The van der Waals surface area contributed by atoms with Gasteiger partial charge in [-0.05, 0) is 101 Å². The van der Waals surface area contributed by atoms with Crippen molar-refractivity contribution in [1.29, 1.82) is 0 Å². The van der Waals surface area contributed by atoms with Crippen LogP contribution in [-0.2, 0) is 31.9 Å². The summed E-state index contributed by atoms with van der Waals surface area (Å²) in [6, 6.07) is 49.6. The minimum absolute atomic E-state index is 0. The summed E-state index contributed by atoms with van der Waals surface area (Å²) in [4.78, 5) is 10.5. The number of para-hydroxylation sites is 1. The molecule has 59 heavy (non-hydrogen) atoms. The molecule has 0 aliphatic heterocycles. The number of rotatable bonds is 7. The summed E-state index contributed by atoms with van der Waals surface area (Å²) in [6.45, 7) is 19.9. The summed E-state index contributed by atoms with van der Waals surface area (Å²) in [5.74, 6) is 1.50. The predicted molar refractivity (Wildman–Crippen MR) is 242 cm³/mol. The van der Waals surface area contributed by atoms with Gasteiger partial charge >= 0.3 is 21.1 Å². The van der Waals surface area contributed by atoms with Crippen molar-refractivity contribution in [2.75, 3.05) is 0 Å². The van der Waals surface area contributed by atoms with Gasteiger partial charge in [0.15, 0.2) is 0 Å². The Bertz CT molecular complexity index is 2800. The first-order valence-corrected chi connectivity index (χ1v) is 20.1. The van der Waals surface area contributed by atoms with Crippen LogP contribution in [0.2, 0.25) is 0 Å². The number of aryl methyl sites for hydroxylation is 3. The quantitative estimate of drug-likeness (QED) is 0.149. The van der Waals surface area contributed by atoms with Crippen LogP contribution in [0.25, 0.3) is 72.7 Å². The molecule has 0 unspecified atom stereocenters. The number of hydrogen-bond acceptors (Lipinski definition) is 3. The van der Waals surface area contributed by atoms with E-state index < -0.39 is 0 Å². The Balaban J connectivity index is 0.00000528. The molecule has 6 aromatic carbocycles. The SMILES string of the molecule is [CH2-]Oc1c(C)cc(C)cc1-c1nc2c(-c3[c-]c(-c4cc(-c5ccc(C)cc5)ccn4)cc(C(C)(C)C)c3)cccc2n1-c1cc(-c2ccccc2)cc(C(C)(C)C)c1.[Pt+2]. The normalized spacial score (nSPS) is 11.8. The third-order valence-electron chi connectivity index (χ3n) is 11.1. The molecule has 0 spiro atoms. The number of nitrogens with zero attached hydrogens (tertiary/aromatic N) is 3. The molecular formula is C54H51N3OPt. The van der Waals surface area contributed by atoms with Gasteiger partial charge in [0.05, 0.1) is 22.3 Å². The van der Waals surface area contributed by atoms with E-state index in [0.29, 0.717) is 5.75 Å². The van der Waals surface area contributed by atoms with Crippen LogP contribution >= 0.6 is 0 Å². The standard InChI is InChI=1S/C54H51N3O.Pt/c1-34-19-21-38(22-20-34)39-23-24-55-48(32-39)42-27-41(29-43(30-42)53(4,5)6)46-17-14-18-49-50(46)56-52(47-26-35(2)25-36(3)51(47)58-10)57(49)45-31-40(37-15-12-11-13-16-37)28-44(33-45)54(7,8)9;/h11-26,28-33H,10H2,1-9H3;/q-2;+2. The second-order valence-corrected chi connectivity index (χ2v) is 17.7. The van der Waals surface area contributed by atoms with Gasteiger partial charge in [-0.15, -0.1) is 29.3 Å². The number of hydrogen-bond donors (Lipinski definition) is 0. The first-order chi connectivity index (χ1) is 27.7. The molecule has 2 heterocycles. The van der Waals surface area contributed by atoms with Crippen molar-refractivity contribution in [1.82, 2.24) is 14.5 Å². The van der Waals surface area contributed by atoms with Gasteiger partial charge in [-0.1, -0.05) is 143 Å². The fourth-order valence-electron chi connectivity index (χ4n) is 7.83. The average molecular weight is 953 g/mol. The van der Waals surface area contributed by atoms with Gasteiger partial charge in [0.2, 0.25) is 0 Å². The van der Waals surface area contributed by atoms with Gasteiger partial charge < -0.3 is 4.74 Å². The molecule has 2 aromatic heterocycles. The van der Waals surface area contributed by atoms with E-state index in [9.17, 15) is 0 Å². The van der Waals surface area contributed by atoms with E-state index in [1.54, 1.807) is 0 Å². The molecule has 0 saturated heterocycles. The zero-order valence-electron chi connectivity index (χ0n) is 35.5. The van der Waals surface area contributed by atoms with Crippen molar-refractivity contribution < 1.29 is 25.8 Å². The number of aromatic nitrogens is 3. The predicted octanol–water partition coefficient (Wildman–Crippen LogP) is 14.2. The molecule has 298 valence electrons. The Labute approximate surface area is 364 Å². The van der Waals surface area contributed by atoms with Crippen LogP contribution in [0.4, 0.5) is 0 Å². The zero-order valence-corrected chi connectivity index (χ0v) is 37.7. The Hall–Kier alpha value is -5.57. The molecule has 0 bridgehead atoms. The molecule has 0 aliphatic carbocycles. The first-order valence-electron chi connectivity index (χ1n) is 20.1. The van der Waals surface area contributed by atoms with Crippen LogP contribution in [0.5, 0.6) is 5.75 Å². The maximum atomic E-state index is 5.91. The topological polar surface area (TPSA) is 39.9 Å². The van der Waals surface area contributed by atoms with Gasteiger partial charge in [0.25, 0.3) is 0 Å². The van der Waals surface area contributed by atoms with E-state index in [2.05, 4.69) is 207 Å². The molecule has 0 fully saturated rings. The van der Waals surface area contributed by atoms with Crippen molar-refractivity contribution in [2.24, 2.45) is 0 Å². The van der Waals surface area contributed by atoms with E-state index in [1.807, 2.05) is 6.20 Å². The Morgan fingerprint density at radius 3 is 1.97 bits per heavy atom. The molecule has 0 N–H and O–H groups in total. The number of ether oxygens (including phenoxy) is 1. The van der Waals surface area contributed by atoms with Crippen molar-refractivity contribution in [3.8, 4) is 67.5 Å². The molecular weight excluding hydrogens is 902 g/mol. The van der Waals surface area contributed by atoms with Crippen LogP contribution in [0, 0.1) is 33.9 Å². The largest absolute Gasteiger partial charge is 2.00 e. The van der Waals surface area contributed by atoms with E-state index in [1.165, 1.54) is 16.7 Å². The van der Waals surface area contributed by atoms with Gasteiger partial charge in [-0.25, -0.2) is 4.98 Å². The maximum absolute atomic E-state index is 5.91. The monoisotopic (exact) mass is 952 g/mol. The maximum Gasteiger partial charge on any atom is 2.00 e. The van der Waals surface area contributed by atoms with Crippen molar-refractivity contribution >= 4 is 11.0 Å². The van der Waals surface area contributed by atoms with E-state index in [-0.39, 0.29) is 31.9 Å². The van der Waals surface area contributed by atoms with E-state index in [0.717, 1.165) is 83.9 Å².